The Morgan fingerprint density at radius 3 is 2.94 bits per heavy atom. The van der Waals surface area contributed by atoms with Gasteiger partial charge in [0.05, 0.1) is 12.7 Å². The molecule has 1 aliphatic rings. The molecular formula is C14H23NOS. The largest absolute Gasteiger partial charge is 0.377 e. The first-order valence-electron chi connectivity index (χ1n) is 6.73. The van der Waals surface area contributed by atoms with Gasteiger partial charge in [0.25, 0.3) is 0 Å². The fourth-order valence-electron chi connectivity index (χ4n) is 2.37. The topological polar surface area (TPSA) is 21.3 Å². The number of nitrogens with one attached hydrogen (secondary N) is 1. The number of hydrogen-bond donors (Lipinski definition) is 1. The zero-order valence-corrected chi connectivity index (χ0v) is 11.5. The maximum Gasteiger partial charge on any atom is 0.0594 e. The first-order valence-corrected chi connectivity index (χ1v) is 7.67. The number of ether oxygens (including phenoxy) is 1. The smallest absolute Gasteiger partial charge is 0.0594 e. The van der Waals surface area contributed by atoms with E-state index in [1.54, 1.807) is 11.3 Å². The Balaban J connectivity index is 1.56. The molecule has 1 saturated carbocycles. The molecule has 2 rings (SSSR count). The molecule has 0 aromatic carbocycles. The van der Waals surface area contributed by atoms with Crippen molar-refractivity contribution in [1.29, 1.82) is 0 Å². The predicted octanol–water partition coefficient (Wildman–Crippen LogP) is 3.75. The predicted molar refractivity (Wildman–Crippen MR) is 73.6 cm³/mol. The third kappa shape index (κ3) is 4.41. The molecule has 3 heteroatoms. The molecule has 96 valence electrons. The third-order valence-corrected chi connectivity index (χ3v) is 4.20. The molecule has 2 nitrogen and oxygen atoms in total. The molecule has 1 N–H and O–H groups in total. The van der Waals surface area contributed by atoms with Crippen molar-refractivity contribution in [2.45, 2.75) is 51.2 Å². The molecule has 0 saturated heterocycles. The summed E-state index contributed by atoms with van der Waals surface area (Å²) in [6.07, 6.45) is 7.15. The van der Waals surface area contributed by atoms with Crippen LogP contribution in [0, 0.1) is 0 Å². The van der Waals surface area contributed by atoms with Gasteiger partial charge in [-0.3, -0.25) is 0 Å². The summed E-state index contributed by atoms with van der Waals surface area (Å²) in [6.45, 7) is 4.01. The number of hydrogen-bond acceptors (Lipinski definition) is 3. The molecule has 0 amide bonds. The lowest BCUT2D eigenvalue weighted by atomic mass is 9.98. The van der Waals surface area contributed by atoms with Gasteiger partial charge in [-0.1, -0.05) is 19.3 Å². The summed E-state index contributed by atoms with van der Waals surface area (Å²) < 4.78 is 5.89. The average Bonchev–Trinajstić information content (AvgIpc) is 2.89. The van der Waals surface area contributed by atoms with Crippen molar-refractivity contribution in [2.75, 3.05) is 13.2 Å². The van der Waals surface area contributed by atoms with E-state index in [1.165, 1.54) is 37.7 Å². The molecule has 1 aromatic rings. The van der Waals surface area contributed by atoms with Crippen LogP contribution in [0.15, 0.2) is 16.8 Å². The van der Waals surface area contributed by atoms with E-state index in [2.05, 4.69) is 29.1 Å². The molecule has 1 aromatic heterocycles. The second kappa shape index (κ2) is 7.14. The van der Waals surface area contributed by atoms with E-state index in [0.717, 1.165) is 13.2 Å². The van der Waals surface area contributed by atoms with Gasteiger partial charge in [-0.15, -0.1) is 0 Å². The summed E-state index contributed by atoms with van der Waals surface area (Å²) in [6, 6.07) is 2.63. The minimum atomic E-state index is 0.441. The van der Waals surface area contributed by atoms with Gasteiger partial charge in [0.15, 0.2) is 0 Å². The van der Waals surface area contributed by atoms with E-state index in [4.69, 9.17) is 4.74 Å². The maximum atomic E-state index is 5.89. The lowest BCUT2D eigenvalue weighted by Gasteiger charge is -2.22. The van der Waals surface area contributed by atoms with E-state index < -0.39 is 0 Å². The van der Waals surface area contributed by atoms with Crippen LogP contribution >= 0.6 is 11.3 Å². The number of rotatable bonds is 6. The van der Waals surface area contributed by atoms with Crippen molar-refractivity contribution in [2.24, 2.45) is 0 Å². The van der Waals surface area contributed by atoms with Gasteiger partial charge in [-0.25, -0.2) is 0 Å². The lowest BCUT2D eigenvalue weighted by Crippen LogP contribution is -2.26. The molecule has 1 fully saturated rings. The highest BCUT2D eigenvalue weighted by Crippen LogP contribution is 2.20. The molecule has 1 atom stereocenters. The first-order chi connectivity index (χ1) is 8.36. The second-order valence-electron chi connectivity index (χ2n) is 4.86. The molecule has 0 spiro atoms. The molecule has 0 radical (unpaired) electrons. The standard InChI is InChI=1S/C14H23NOS/c1-12(13-7-10-17-11-13)15-8-9-16-14-5-3-2-4-6-14/h7,10-12,14-15H,2-6,8-9H2,1H3. The van der Waals surface area contributed by atoms with Crippen molar-refractivity contribution in [3.8, 4) is 0 Å². The molecule has 17 heavy (non-hydrogen) atoms. The van der Waals surface area contributed by atoms with Gasteiger partial charge in [-0.2, -0.15) is 11.3 Å². The van der Waals surface area contributed by atoms with Crippen LogP contribution < -0.4 is 5.32 Å². The summed E-state index contributed by atoms with van der Waals surface area (Å²) in [4.78, 5) is 0. The Labute approximate surface area is 108 Å². The van der Waals surface area contributed by atoms with Crippen LogP contribution in [0.25, 0.3) is 0 Å². The Kier molecular flexibility index (Phi) is 5.49. The normalized spacial score (nSPS) is 19.4. The Morgan fingerprint density at radius 2 is 2.24 bits per heavy atom. The van der Waals surface area contributed by atoms with Gasteiger partial charge in [0, 0.05) is 12.6 Å². The quantitative estimate of drug-likeness (QED) is 0.780. The molecule has 0 aliphatic heterocycles. The minimum absolute atomic E-state index is 0.441. The van der Waals surface area contributed by atoms with E-state index in [9.17, 15) is 0 Å². The summed E-state index contributed by atoms with van der Waals surface area (Å²) in [5.41, 5.74) is 1.38. The van der Waals surface area contributed by atoms with E-state index >= 15 is 0 Å². The zero-order valence-electron chi connectivity index (χ0n) is 10.7. The van der Waals surface area contributed by atoms with Gasteiger partial charge in [0.2, 0.25) is 0 Å². The van der Waals surface area contributed by atoms with Crippen LogP contribution in [-0.4, -0.2) is 19.3 Å². The van der Waals surface area contributed by atoms with Crippen LogP contribution in [0.1, 0.15) is 50.6 Å². The van der Waals surface area contributed by atoms with Crippen molar-refractivity contribution < 1.29 is 4.74 Å². The SMILES string of the molecule is CC(NCCOC1CCCCC1)c1ccsc1. The summed E-state index contributed by atoms with van der Waals surface area (Å²) in [5.74, 6) is 0. The number of thiophene rings is 1. The maximum absolute atomic E-state index is 5.89. The van der Waals surface area contributed by atoms with Crippen LogP contribution in [0.3, 0.4) is 0 Å². The Hall–Kier alpha value is -0.380. The third-order valence-electron chi connectivity index (χ3n) is 3.50. The van der Waals surface area contributed by atoms with Gasteiger partial charge in [0.1, 0.15) is 0 Å². The van der Waals surface area contributed by atoms with E-state index in [-0.39, 0.29) is 0 Å². The molecule has 0 bridgehead atoms. The minimum Gasteiger partial charge on any atom is -0.377 e. The van der Waals surface area contributed by atoms with Crippen LogP contribution in [0.5, 0.6) is 0 Å². The van der Waals surface area contributed by atoms with Crippen LogP contribution in [0.2, 0.25) is 0 Å². The molecule has 1 heterocycles. The van der Waals surface area contributed by atoms with E-state index in [0.29, 0.717) is 12.1 Å². The van der Waals surface area contributed by atoms with Crippen molar-refractivity contribution in [3.05, 3.63) is 22.4 Å². The lowest BCUT2D eigenvalue weighted by molar-refractivity contribution is 0.0295. The summed E-state index contributed by atoms with van der Waals surface area (Å²) >= 11 is 1.76. The van der Waals surface area contributed by atoms with Crippen molar-refractivity contribution in [3.63, 3.8) is 0 Å². The second-order valence-corrected chi connectivity index (χ2v) is 5.64. The molecular weight excluding hydrogens is 230 g/mol. The van der Waals surface area contributed by atoms with Gasteiger partial charge < -0.3 is 10.1 Å². The van der Waals surface area contributed by atoms with Crippen molar-refractivity contribution in [1.82, 2.24) is 5.32 Å². The Morgan fingerprint density at radius 1 is 1.41 bits per heavy atom. The van der Waals surface area contributed by atoms with Crippen LogP contribution in [0.4, 0.5) is 0 Å². The summed E-state index contributed by atoms with van der Waals surface area (Å²) in [7, 11) is 0. The monoisotopic (exact) mass is 253 g/mol. The highest BCUT2D eigenvalue weighted by Gasteiger charge is 2.13. The Bertz CT molecular complexity index is 293. The van der Waals surface area contributed by atoms with Gasteiger partial charge >= 0.3 is 0 Å². The van der Waals surface area contributed by atoms with Gasteiger partial charge in [-0.05, 0) is 42.2 Å². The summed E-state index contributed by atoms with van der Waals surface area (Å²) in [5, 5.41) is 7.85. The average molecular weight is 253 g/mol. The van der Waals surface area contributed by atoms with Crippen molar-refractivity contribution >= 4 is 11.3 Å². The van der Waals surface area contributed by atoms with Crippen LogP contribution in [-0.2, 0) is 4.74 Å². The molecule has 1 aliphatic carbocycles. The van der Waals surface area contributed by atoms with E-state index in [1.807, 2.05) is 0 Å². The first kappa shape index (κ1) is 13.1. The highest BCUT2D eigenvalue weighted by molar-refractivity contribution is 7.07. The fourth-order valence-corrected chi connectivity index (χ4v) is 3.13. The zero-order chi connectivity index (χ0) is 11.9. The molecule has 1 unspecified atom stereocenters. The highest BCUT2D eigenvalue weighted by atomic mass is 32.1. The fraction of sp³-hybridized carbons (Fsp3) is 0.714.